The van der Waals surface area contributed by atoms with Crippen molar-refractivity contribution in [3.63, 3.8) is 0 Å². The zero-order valence-electron chi connectivity index (χ0n) is 11.0. The van der Waals surface area contributed by atoms with E-state index in [0.717, 1.165) is 25.7 Å². The van der Waals surface area contributed by atoms with Crippen molar-refractivity contribution >= 4 is 22.0 Å². The van der Waals surface area contributed by atoms with E-state index in [4.69, 9.17) is 0 Å². The Morgan fingerprint density at radius 2 is 2.05 bits per heavy atom. The monoisotopic (exact) mass is 344 g/mol. The molecule has 0 radical (unpaired) electrons. The van der Waals surface area contributed by atoms with Gasteiger partial charge in [0.25, 0.3) is 0 Å². The molecule has 0 aliphatic heterocycles. The van der Waals surface area contributed by atoms with Crippen LogP contribution in [0.25, 0.3) is 0 Å². The lowest BCUT2D eigenvalue weighted by Crippen LogP contribution is -2.43. The minimum absolute atomic E-state index is 0.111. The van der Waals surface area contributed by atoms with Crippen LogP contribution in [0.5, 0.6) is 0 Å². The molecule has 0 unspecified atom stereocenters. The van der Waals surface area contributed by atoms with Crippen molar-refractivity contribution in [2.24, 2.45) is 0 Å². The van der Waals surface area contributed by atoms with Crippen molar-refractivity contribution in [3.8, 4) is 0 Å². The molecule has 0 saturated heterocycles. The Bertz CT molecular complexity index is 476. The van der Waals surface area contributed by atoms with Gasteiger partial charge in [0.15, 0.2) is 0 Å². The van der Waals surface area contributed by atoms with Crippen molar-refractivity contribution < 1.29 is 14.3 Å². The number of aliphatic hydroxyl groups is 1. The summed E-state index contributed by atoms with van der Waals surface area (Å²) in [6.07, 6.45) is 2.80. The molecule has 2 amide bonds. The van der Waals surface area contributed by atoms with E-state index in [1.807, 2.05) is 0 Å². The van der Waals surface area contributed by atoms with Crippen molar-refractivity contribution in [3.05, 3.63) is 34.1 Å². The predicted octanol–water partition coefficient (Wildman–Crippen LogP) is 2.69. The number of urea groups is 1. The number of hydrogen-bond acceptors (Lipinski definition) is 2. The molecule has 1 aromatic rings. The van der Waals surface area contributed by atoms with Gasteiger partial charge in [-0.05, 0) is 59.3 Å². The fourth-order valence-electron chi connectivity index (χ4n) is 2.29. The van der Waals surface area contributed by atoms with Crippen LogP contribution in [0.1, 0.15) is 31.2 Å². The SMILES string of the molecule is O=C(NCc1ccc(Br)c(F)c1)NC1CCC(O)CC1. The number of halogens is 2. The molecular weight excluding hydrogens is 327 g/mol. The average molecular weight is 345 g/mol. The highest BCUT2D eigenvalue weighted by molar-refractivity contribution is 9.10. The van der Waals surface area contributed by atoms with E-state index in [1.165, 1.54) is 6.07 Å². The van der Waals surface area contributed by atoms with E-state index in [9.17, 15) is 14.3 Å². The summed E-state index contributed by atoms with van der Waals surface area (Å²) < 4.78 is 13.7. The minimum atomic E-state index is -0.342. The third-order valence-electron chi connectivity index (χ3n) is 3.47. The number of carbonyl (C=O) groups excluding carboxylic acids is 1. The zero-order valence-corrected chi connectivity index (χ0v) is 12.6. The standard InChI is InChI=1S/C14H18BrFN2O2/c15-12-6-1-9(7-13(12)16)8-17-14(20)18-10-2-4-11(19)5-3-10/h1,6-7,10-11,19H,2-5,8H2,(H2,17,18,20). The molecule has 110 valence electrons. The molecule has 0 aromatic heterocycles. The summed E-state index contributed by atoms with van der Waals surface area (Å²) in [6, 6.07) is 4.62. The third kappa shape index (κ3) is 4.45. The van der Waals surface area contributed by atoms with Gasteiger partial charge >= 0.3 is 6.03 Å². The van der Waals surface area contributed by atoms with Gasteiger partial charge in [0, 0.05) is 12.6 Å². The Kier molecular flexibility index (Phi) is 5.37. The molecule has 1 aromatic carbocycles. The Balaban J connectivity index is 1.76. The van der Waals surface area contributed by atoms with Crippen molar-refractivity contribution in [2.75, 3.05) is 0 Å². The molecule has 0 heterocycles. The highest BCUT2D eigenvalue weighted by Gasteiger charge is 2.20. The molecule has 6 heteroatoms. The molecule has 3 N–H and O–H groups in total. The van der Waals surface area contributed by atoms with Crippen LogP contribution in [0.4, 0.5) is 9.18 Å². The number of hydrogen-bond donors (Lipinski definition) is 3. The molecule has 1 aliphatic rings. The fraction of sp³-hybridized carbons (Fsp3) is 0.500. The number of nitrogens with one attached hydrogen (secondary N) is 2. The Morgan fingerprint density at radius 1 is 1.35 bits per heavy atom. The van der Waals surface area contributed by atoms with Gasteiger partial charge in [-0.15, -0.1) is 0 Å². The minimum Gasteiger partial charge on any atom is -0.393 e. The number of rotatable bonds is 3. The lowest BCUT2D eigenvalue weighted by Gasteiger charge is -2.26. The number of benzene rings is 1. The van der Waals surface area contributed by atoms with E-state index in [1.54, 1.807) is 12.1 Å². The van der Waals surface area contributed by atoms with Gasteiger partial charge in [0.2, 0.25) is 0 Å². The maximum Gasteiger partial charge on any atom is 0.315 e. The summed E-state index contributed by atoms with van der Waals surface area (Å²) in [4.78, 5) is 11.7. The molecule has 0 bridgehead atoms. The van der Waals surface area contributed by atoms with Crippen molar-refractivity contribution in [1.29, 1.82) is 0 Å². The van der Waals surface area contributed by atoms with Gasteiger partial charge in [0.1, 0.15) is 5.82 Å². The van der Waals surface area contributed by atoms with E-state index >= 15 is 0 Å². The first-order valence-electron chi connectivity index (χ1n) is 6.71. The molecule has 20 heavy (non-hydrogen) atoms. The van der Waals surface area contributed by atoms with E-state index in [2.05, 4.69) is 26.6 Å². The van der Waals surface area contributed by atoms with Crippen molar-refractivity contribution in [1.82, 2.24) is 10.6 Å². The van der Waals surface area contributed by atoms with Crippen LogP contribution in [0.3, 0.4) is 0 Å². The Morgan fingerprint density at radius 3 is 2.70 bits per heavy atom. The second-order valence-corrected chi connectivity index (χ2v) is 5.94. The van der Waals surface area contributed by atoms with E-state index in [0.29, 0.717) is 10.0 Å². The second-order valence-electron chi connectivity index (χ2n) is 5.08. The number of aliphatic hydroxyl groups excluding tert-OH is 1. The first-order valence-corrected chi connectivity index (χ1v) is 7.50. The highest BCUT2D eigenvalue weighted by Crippen LogP contribution is 2.18. The summed E-state index contributed by atoms with van der Waals surface area (Å²) in [5, 5.41) is 15.0. The lowest BCUT2D eigenvalue weighted by atomic mass is 9.93. The molecule has 1 aliphatic carbocycles. The fourth-order valence-corrected chi connectivity index (χ4v) is 2.54. The normalized spacial score (nSPS) is 22.4. The molecular formula is C14H18BrFN2O2. The first-order chi connectivity index (χ1) is 9.54. The quantitative estimate of drug-likeness (QED) is 0.789. The van der Waals surface area contributed by atoms with Gasteiger partial charge in [-0.2, -0.15) is 0 Å². The summed E-state index contributed by atoms with van der Waals surface area (Å²) in [6.45, 7) is 0.283. The Hall–Kier alpha value is -1.14. The van der Waals surface area contributed by atoms with Crippen LogP contribution in [0, 0.1) is 5.82 Å². The highest BCUT2D eigenvalue weighted by atomic mass is 79.9. The van der Waals surface area contributed by atoms with Crippen LogP contribution in [-0.2, 0) is 6.54 Å². The maximum absolute atomic E-state index is 13.3. The predicted molar refractivity (Wildman–Crippen MR) is 77.7 cm³/mol. The zero-order chi connectivity index (χ0) is 14.5. The van der Waals surface area contributed by atoms with Crippen LogP contribution in [-0.4, -0.2) is 23.3 Å². The molecule has 4 nitrogen and oxygen atoms in total. The van der Waals surface area contributed by atoms with E-state index in [-0.39, 0.29) is 30.5 Å². The second kappa shape index (κ2) is 7.04. The first kappa shape index (κ1) is 15.3. The smallest absolute Gasteiger partial charge is 0.315 e. The van der Waals surface area contributed by atoms with E-state index < -0.39 is 0 Å². The van der Waals surface area contributed by atoms with Crippen LogP contribution >= 0.6 is 15.9 Å². The topological polar surface area (TPSA) is 61.4 Å². The summed E-state index contributed by atoms with van der Waals surface area (Å²) >= 11 is 3.08. The van der Waals surface area contributed by atoms with Gasteiger partial charge in [-0.1, -0.05) is 6.07 Å². The Labute approximate surface area is 125 Å². The molecule has 2 rings (SSSR count). The largest absolute Gasteiger partial charge is 0.393 e. The number of amides is 2. The van der Waals surface area contributed by atoms with Crippen LogP contribution in [0.15, 0.2) is 22.7 Å². The van der Waals surface area contributed by atoms with Crippen molar-refractivity contribution in [2.45, 2.75) is 44.4 Å². The third-order valence-corrected chi connectivity index (χ3v) is 4.11. The molecule has 0 spiro atoms. The van der Waals surface area contributed by atoms with Gasteiger partial charge in [-0.25, -0.2) is 9.18 Å². The van der Waals surface area contributed by atoms with Gasteiger partial charge in [0.05, 0.1) is 10.6 Å². The van der Waals surface area contributed by atoms with Crippen LogP contribution in [0.2, 0.25) is 0 Å². The summed E-state index contributed by atoms with van der Waals surface area (Å²) in [5.74, 6) is -0.342. The molecule has 1 fully saturated rings. The maximum atomic E-state index is 13.3. The molecule has 0 atom stereocenters. The lowest BCUT2D eigenvalue weighted by molar-refractivity contribution is 0.117. The summed E-state index contributed by atoms with van der Waals surface area (Å²) in [5.41, 5.74) is 0.708. The van der Waals surface area contributed by atoms with Gasteiger partial charge in [-0.3, -0.25) is 0 Å². The van der Waals surface area contributed by atoms with Gasteiger partial charge < -0.3 is 15.7 Å². The van der Waals surface area contributed by atoms with Crippen LogP contribution < -0.4 is 10.6 Å². The summed E-state index contributed by atoms with van der Waals surface area (Å²) in [7, 11) is 0. The average Bonchev–Trinajstić information content (AvgIpc) is 2.43. The number of carbonyl (C=O) groups is 1. The molecule has 1 saturated carbocycles.